The van der Waals surface area contributed by atoms with E-state index < -0.39 is 10.0 Å². The zero-order chi connectivity index (χ0) is 15.3. The molecule has 1 aromatic rings. The van der Waals surface area contributed by atoms with E-state index in [1.807, 2.05) is 18.8 Å². The molecule has 0 radical (unpaired) electrons. The molecule has 0 bridgehead atoms. The van der Waals surface area contributed by atoms with E-state index in [9.17, 15) is 8.42 Å². The Kier molecular flexibility index (Phi) is 6.98. The first-order chi connectivity index (χ1) is 10.0. The maximum Gasteiger partial charge on any atom is 0.242 e. The van der Waals surface area contributed by atoms with Crippen molar-refractivity contribution in [1.82, 2.24) is 14.9 Å². The molecule has 2 heterocycles. The first kappa shape index (κ1) is 17.7. The average molecular weight is 414 g/mol. The van der Waals surface area contributed by atoms with Crippen LogP contribution in [0.4, 0.5) is 0 Å². The SMILES string of the molecule is CNCc1cc(S(=O)(=O)NCCN2CCSCC2)c(Br)s1. The largest absolute Gasteiger partial charge is 0.315 e. The van der Waals surface area contributed by atoms with Crippen LogP contribution in [0.5, 0.6) is 0 Å². The van der Waals surface area contributed by atoms with Crippen LogP contribution >= 0.6 is 39.0 Å². The van der Waals surface area contributed by atoms with Crippen LogP contribution in [-0.4, -0.2) is 58.1 Å². The number of hydrogen-bond donors (Lipinski definition) is 2. The molecule has 0 aromatic carbocycles. The van der Waals surface area contributed by atoms with Gasteiger partial charge in [0.2, 0.25) is 10.0 Å². The number of sulfonamides is 1. The number of nitrogens with one attached hydrogen (secondary N) is 2. The molecule has 120 valence electrons. The molecule has 0 amide bonds. The predicted molar refractivity (Wildman–Crippen MR) is 93.7 cm³/mol. The minimum atomic E-state index is -3.44. The lowest BCUT2D eigenvalue weighted by molar-refractivity contribution is 0.307. The van der Waals surface area contributed by atoms with Crippen molar-refractivity contribution in [3.05, 3.63) is 14.7 Å². The normalized spacial score (nSPS) is 17.2. The van der Waals surface area contributed by atoms with E-state index in [4.69, 9.17) is 0 Å². The summed E-state index contributed by atoms with van der Waals surface area (Å²) >= 11 is 6.75. The average Bonchev–Trinajstić information content (AvgIpc) is 2.82. The Morgan fingerprint density at radius 1 is 1.38 bits per heavy atom. The molecule has 2 rings (SSSR count). The Morgan fingerprint density at radius 2 is 2.10 bits per heavy atom. The monoisotopic (exact) mass is 413 g/mol. The summed E-state index contributed by atoms with van der Waals surface area (Å²) in [6.07, 6.45) is 0. The molecule has 2 N–H and O–H groups in total. The van der Waals surface area contributed by atoms with Gasteiger partial charge in [-0.25, -0.2) is 13.1 Å². The third-order valence-electron chi connectivity index (χ3n) is 3.17. The van der Waals surface area contributed by atoms with Crippen LogP contribution in [-0.2, 0) is 16.6 Å². The molecule has 9 heteroatoms. The maximum absolute atomic E-state index is 12.3. The van der Waals surface area contributed by atoms with E-state index in [1.54, 1.807) is 6.07 Å². The molecule has 0 aliphatic carbocycles. The molecular weight excluding hydrogens is 394 g/mol. The van der Waals surface area contributed by atoms with Crippen LogP contribution in [0.3, 0.4) is 0 Å². The van der Waals surface area contributed by atoms with Gasteiger partial charge in [0, 0.05) is 49.1 Å². The summed E-state index contributed by atoms with van der Waals surface area (Å²) in [6, 6.07) is 1.73. The molecule has 1 aromatic heterocycles. The summed E-state index contributed by atoms with van der Waals surface area (Å²) < 4.78 is 28.0. The van der Waals surface area contributed by atoms with Crippen LogP contribution in [0.1, 0.15) is 4.88 Å². The van der Waals surface area contributed by atoms with Gasteiger partial charge in [0.25, 0.3) is 0 Å². The van der Waals surface area contributed by atoms with Crippen molar-refractivity contribution >= 4 is 49.1 Å². The molecule has 1 saturated heterocycles. The Labute approximate surface area is 143 Å². The molecule has 21 heavy (non-hydrogen) atoms. The van der Waals surface area contributed by atoms with Crippen LogP contribution < -0.4 is 10.0 Å². The van der Waals surface area contributed by atoms with Crippen molar-refractivity contribution < 1.29 is 8.42 Å². The lowest BCUT2D eigenvalue weighted by Crippen LogP contribution is -2.39. The van der Waals surface area contributed by atoms with Gasteiger partial charge in [-0.2, -0.15) is 11.8 Å². The zero-order valence-electron chi connectivity index (χ0n) is 11.9. The van der Waals surface area contributed by atoms with Crippen LogP contribution in [0, 0.1) is 0 Å². The smallest absolute Gasteiger partial charge is 0.242 e. The lowest BCUT2D eigenvalue weighted by Gasteiger charge is -2.25. The summed E-state index contributed by atoms with van der Waals surface area (Å²) in [5.41, 5.74) is 0. The van der Waals surface area contributed by atoms with E-state index in [1.165, 1.54) is 11.3 Å². The third-order valence-corrected chi connectivity index (χ3v) is 7.83. The summed E-state index contributed by atoms with van der Waals surface area (Å²) in [6.45, 7) is 3.98. The van der Waals surface area contributed by atoms with Crippen LogP contribution in [0.2, 0.25) is 0 Å². The Bertz CT molecular complexity index is 556. The summed E-state index contributed by atoms with van der Waals surface area (Å²) in [5, 5.41) is 3.03. The molecule has 1 aliphatic rings. The first-order valence-electron chi connectivity index (χ1n) is 6.75. The molecule has 0 saturated carbocycles. The van der Waals surface area contributed by atoms with Crippen LogP contribution in [0.25, 0.3) is 0 Å². The van der Waals surface area contributed by atoms with Gasteiger partial charge in [-0.15, -0.1) is 11.3 Å². The minimum Gasteiger partial charge on any atom is -0.315 e. The van der Waals surface area contributed by atoms with Gasteiger partial charge in [-0.3, -0.25) is 0 Å². The van der Waals surface area contributed by atoms with Gasteiger partial charge in [-0.05, 0) is 29.0 Å². The highest BCUT2D eigenvalue weighted by Crippen LogP contribution is 2.31. The summed E-state index contributed by atoms with van der Waals surface area (Å²) in [4.78, 5) is 3.64. The topological polar surface area (TPSA) is 61.4 Å². The molecule has 0 atom stereocenters. The number of rotatable bonds is 7. The Hall–Kier alpha value is 0.360. The fourth-order valence-electron chi connectivity index (χ4n) is 2.08. The lowest BCUT2D eigenvalue weighted by atomic mass is 10.5. The van der Waals surface area contributed by atoms with Gasteiger partial charge < -0.3 is 10.2 Å². The van der Waals surface area contributed by atoms with Gasteiger partial charge in [0.15, 0.2) is 0 Å². The highest BCUT2D eigenvalue weighted by atomic mass is 79.9. The molecule has 5 nitrogen and oxygen atoms in total. The van der Waals surface area contributed by atoms with Crippen molar-refractivity contribution in [3.63, 3.8) is 0 Å². The van der Waals surface area contributed by atoms with Gasteiger partial charge >= 0.3 is 0 Å². The number of nitrogens with zero attached hydrogens (tertiary/aromatic N) is 1. The highest BCUT2D eigenvalue weighted by molar-refractivity contribution is 9.11. The van der Waals surface area contributed by atoms with Crippen molar-refractivity contribution in [2.75, 3.05) is 44.7 Å². The number of hydrogen-bond acceptors (Lipinski definition) is 6. The first-order valence-corrected chi connectivity index (χ1v) is 11.0. The quantitative estimate of drug-likeness (QED) is 0.709. The van der Waals surface area contributed by atoms with Gasteiger partial charge in [0.1, 0.15) is 4.90 Å². The van der Waals surface area contributed by atoms with E-state index in [2.05, 4.69) is 30.9 Å². The van der Waals surface area contributed by atoms with E-state index >= 15 is 0 Å². The van der Waals surface area contributed by atoms with Crippen molar-refractivity contribution in [2.24, 2.45) is 0 Å². The zero-order valence-corrected chi connectivity index (χ0v) is 15.9. The standard InChI is InChI=1S/C12H20BrN3O2S3/c1-14-9-10-8-11(12(13)20-10)21(17,18)15-2-3-16-4-6-19-7-5-16/h8,14-15H,2-7,9H2,1H3. The highest BCUT2D eigenvalue weighted by Gasteiger charge is 2.21. The van der Waals surface area contributed by atoms with Gasteiger partial charge in [-0.1, -0.05) is 0 Å². The third kappa shape index (κ3) is 5.19. The second-order valence-electron chi connectivity index (χ2n) is 4.73. The summed E-state index contributed by atoms with van der Waals surface area (Å²) in [5.74, 6) is 2.27. The number of thiophene rings is 1. The van der Waals surface area contributed by atoms with Crippen molar-refractivity contribution in [3.8, 4) is 0 Å². The second kappa shape index (κ2) is 8.28. The predicted octanol–water partition coefficient (Wildman–Crippen LogP) is 1.56. The maximum atomic E-state index is 12.3. The molecular formula is C12H20BrN3O2S3. The summed E-state index contributed by atoms with van der Waals surface area (Å²) in [7, 11) is -1.59. The molecule has 0 unspecified atom stereocenters. The Morgan fingerprint density at radius 3 is 2.76 bits per heavy atom. The molecule has 0 spiro atoms. The number of thioether (sulfide) groups is 1. The van der Waals surface area contributed by atoms with Crippen LogP contribution in [0.15, 0.2) is 14.7 Å². The Balaban J connectivity index is 1.91. The van der Waals surface area contributed by atoms with E-state index in [-0.39, 0.29) is 0 Å². The van der Waals surface area contributed by atoms with Gasteiger partial charge in [0.05, 0.1) is 3.79 Å². The fraction of sp³-hybridized carbons (Fsp3) is 0.667. The second-order valence-corrected chi connectivity index (χ2v) is 10.1. The number of halogens is 1. The van der Waals surface area contributed by atoms with Crippen molar-refractivity contribution in [2.45, 2.75) is 11.4 Å². The van der Waals surface area contributed by atoms with E-state index in [0.717, 1.165) is 36.0 Å². The molecule has 1 aliphatic heterocycles. The minimum absolute atomic E-state index is 0.340. The fourth-order valence-corrected chi connectivity index (χ4v) is 6.78. The van der Waals surface area contributed by atoms with Crippen molar-refractivity contribution in [1.29, 1.82) is 0 Å². The molecule has 1 fully saturated rings. The van der Waals surface area contributed by atoms with E-state index in [0.29, 0.717) is 21.8 Å².